The molecule has 1 saturated heterocycles. The molecule has 0 bridgehead atoms. The number of rotatable bonds is 14. The number of aromatic nitrogens is 1. The van der Waals surface area contributed by atoms with Crippen LogP contribution in [0.2, 0.25) is 0 Å². The van der Waals surface area contributed by atoms with Crippen LogP contribution < -0.4 is 4.65 Å². The van der Waals surface area contributed by atoms with E-state index in [9.17, 15) is 10.0 Å². The van der Waals surface area contributed by atoms with Gasteiger partial charge in [0.05, 0.1) is 16.8 Å². The van der Waals surface area contributed by atoms with Crippen molar-refractivity contribution in [3.8, 4) is 0 Å². The Morgan fingerprint density at radius 1 is 1.27 bits per heavy atom. The summed E-state index contributed by atoms with van der Waals surface area (Å²) >= 11 is 1.40. The van der Waals surface area contributed by atoms with Gasteiger partial charge in [0.1, 0.15) is 6.67 Å². The van der Waals surface area contributed by atoms with E-state index in [0.717, 1.165) is 47.9 Å². The Labute approximate surface area is 201 Å². The molecule has 0 saturated carbocycles. The molecule has 0 amide bonds. The number of hydrogen-bond acceptors (Lipinski definition) is 6. The van der Waals surface area contributed by atoms with Crippen LogP contribution in [0.5, 0.6) is 0 Å². The number of allylic oxidation sites excluding steroid dienone is 1. The van der Waals surface area contributed by atoms with Crippen LogP contribution >= 0.6 is 11.3 Å². The Kier molecular flexibility index (Phi) is 9.62. The number of esters is 1. The molecule has 33 heavy (non-hydrogen) atoms. The van der Waals surface area contributed by atoms with E-state index in [1.807, 2.05) is 29.2 Å². The summed E-state index contributed by atoms with van der Waals surface area (Å²) in [5.41, 5.74) is 1.94. The summed E-state index contributed by atoms with van der Waals surface area (Å²) in [7, 11) is 0. The minimum absolute atomic E-state index is 0.224. The monoisotopic (exact) mass is 471 g/mol. The van der Waals surface area contributed by atoms with Gasteiger partial charge >= 0.3 is 5.97 Å². The molecule has 3 rings (SSSR count). The van der Waals surface area contributed by atoms with Crippen LogP contribution in [0.3, 0.4) is 0 Å². The van der Waals surface area contributed by atoms with Gasteiger partial charge in [-0.05, 0) is 37.0 Å². The molecule has 0 N–H and O–H groups in total. The van der Waals surface area contributed by atoms with E-state index >= 15 is 0 Å². The third kappa shape index (κ3) is 6.73. The van der Waals surface area contributed by atoms with Gasteiger partial charge in [-0.1, -0.05) is 68.6 Å². The number of carbonyl (C=O) groups is 1. The second-order valence-corrected chi connectivity index (χ2v) is 9.85. The maximum absolute atomic E-state index is 14.1. The summed E-state index contributed by atoms with van der Waals surface area (Å²) in [4.78, 5) is 19.3. The molecule has 1 aromatic heterocycles. The molecule has 1 aliphatic rings. The van der Waals surface area contributed by atoms with Crippen LogP contribution in [-0.4, -0.2) is 41.8 Å². The second kappa shape index (κ2) is 12.4. The van der Waals surface area contributed by atoms with Gasteiger partial charge in [-0.2, -0.15) is 4.98 Å². The second-order valence-electron chi connectivity index (χ2n) is 8.84. The molecule has 1 fully saturated rings. The van der Waals surface area contributed by atoms with Crippen molar-refractivity contribution in [3.05, 3.63) is 54.3 Å². The summed E-state index contributed by atoms with van der Waals surface area (Å²) in [6.07, 6.45) is 11.4. The number of hydrogen-bond donors (Lipinski definition) is 0. The zero-order valence-electron chi connectivity index (χ0n) is 19.8. The Morgan fingerprint density at radius 3 is 2.82 bits per heavy atom. The molecule has 2 heterocycles. The number of unbranched alkanes of at least 4 members (excludes halogenated alkanes) is 5. The summed E-state index contributed by atoms with van der Waals surface area (Å²) in [6, 6.07) is 6.03. The van der Waals surface area contributed by atoms with E-state index in [2.05, 4.69) is 31.1 Å². The third-order valence-corrected chi connectivity index (χ3v) is 7.22. The average Bonchev–Trinajstić information content (AvgIpc) is 3.36. The first-order valence-electron chi connectivity index (χ1n) is 12.1. The summed E-state index contributed by atoms with van der Waals surface area (Å²) < 4.78 is 6.02. The number of carbonyl (C=O) groups excluding carboxylic acids is 1. The van der Waals surface area contributed by atoms with Crippen LogP contribution in [-0.2, 0) is 16.0 Å². The topological polar surface area (TPSA) is 65.5 Å². The van der Waals surface area contributed by atoms with E-state index in [1.54, 1.807) is 0 Å². The molecule has 2 aromatic rings. The van der Waals surface area contributed by atoms with Crippen molar-refractivity contribution in [2.45, 2.75) is 70.9 Å². The number of nitrogens with zero attached hydrogens (tertiary/aromatic N) is 3. The molecular weight excluding hydrogens is 434 g/mol. The minimum Gasteiger partial charge on any atom is -0.622 e. The molecule has 6 nitrogen and oxygen atoms in total. The lowest BCUT2D eigenvalue weighted by molar-refractivity contribution is -0.153. The molecule has 0 spiro atoms. The van der Waals surface area contributed by atoms with E-state index in [-0.39, 0.29) is 12.6 Å². The van der Waals surface area contributed by atoms with Crippen molar-refractivity contribution >= 4 is 32.7 Å². The van der Waals surface area contributed by atoms with Crippen LogP contribution in [0.1, 0.15) is 63.9 Å². The number of fused-ring (bicyclic) bond motifs is 1. The van der Waals surface area contributed by atoms with E-state index in [4.69, 9.17) is 4.74 Å². The van der Waals surface area contributed by atoms with Gasteiger partial charge in [-0.3, -0.25) is 9.44 Å². The summed E-state index contributed by atoms with van der Waals surface area (Å²) in [5, 5.41) is 14.5. The first kappa shape index (κ1) is 25.6. The fraction of sp³-hybridized carbons (Fsp3) is 0.538. The Bertz CT molecular complexity index is 944. The highest BCUT2D eigenvalue weighted by Gasteiger charge is 2.45. The number of ether oxygens (including phenoxy) is 1. The average molecular weight is 472 g/mol. The minimum atomic E-state index is -0.796. The van der Waals surface area contributed by atoms with Crippen molar-refractivity contribution < 1.29 is 9.53 Å². The highest BCUT2D eigenvalue weighted by molar-refractivity contribution is 7.22. The smallest absolute Gasteiger partial charge is 0.310 e. The predicted molar refractivity (Wildman–Crippen MR) is 138 cm³/mol. The molecule has 0 radical (unpaired) electrons. The van der Waals surface area contributed by atoms with E-state index < -0.39 is 10.9 Å². The maximum Gasteiger partial charge on any atom is 0.310 e. The number of quaternary nitrogens is 1. The molecule has 2 unspecified atom stereocenters. The first-order chi connectivity index (χ1) is 16.0. The van der Waals surface area contributed by atoms with Gasteiger partial charge in [0.2, 0.25) is 0 Å². The Hall–Kier alpha value is -2.06. The quantitative estimate of drug-likeness (QED) is 0.106. The highest BCUT2D eigenvalue weighted by Crippen LogP contribution is 2.38. The van der Waals surface area contributed by atoms with Crippen LogP contribution in [0, 0.1) is 5.21 Å². The molecule has 180 valence electrons. The fourth-order valence-electron chi connectivity index (χ4n) is 4.21. The fourth-order valence-corrected chi connectivity index (χ4v) is 5.31. The van der Waals surface area contributed by atoms with Crippen molar-refractivity contribution in [1.82, 2.24) is 14.5 Å². The van der Waals surface area contributed by atoms with Crippen LogP contribution in [0.15, 0.2) is 43.5 Å². The van der Waals surface area contributed by atoms with Crippen molar-refractivity contribution in [1.29, 1.82) is 0 Å². The number of thiazole rings is 1. The molecule has 1 aromatic carbocycles. The largest absolute Gasteiger partial charge is 0.622 e. The maximum atomic E-state index is 14.1. The van der Waals surface area contributed by atoms with Crippen molar-refractivity contribution in [2.24, 2.45) is 0 Å². The molecule has 7 heteroatoms. The number of hydroxylamine groups is 2. The normalized spacial score (nSPS) is 20.8. The van der Waals surface area contributed by atoms with Gasteiger partial charge in [0.15, 0.2) is 0 Å². The van der Waals surface area contributed by atoms with Crippen molar-refractivity contribution in [2.75, 3.05) is 19.8 Å². The van der Waals surface area contributed by atoms with Gasteiger partial charge < -0.3 is 9.94 Å². The van der Waals surface area contributed by atoms with Gasteiger partial charge in [-0.25, -0.2) is 4.90 Å². The van der Waals surface area contributed by atoms with Crippen LogP contribution in [0.4, 0.5) is 5.13 Å². The lowest BCUT2D eigenvalue weighted by Crippen LogP contribution is -2.50. The third-order valence-electron chi connectivity index (χ3n) is 6.09. The molecule has 0 aliphatic carbocycles. The zero-order chi connectivity index (χ0) is 23.7. The molecule has 2 atom stereocenters. The standard InChI is InChI=1S/C26H37N3O3S/c1-4-7-9-10-11-12-14-25(30)32-24-19-28(17-8-5-2)20-29(24,31)26-27-22-16-15-21(13-6-3)18-23(22)33-26/h5-6,15-16,18,24H,2-4,7-14,17,19-20H2,1H3. The lowest BCUT2D eigenvalue weighted by atomic mass is 10.1. The van der Waals surface area contributed by atoms with Gasteiger partial charge in [0.25, 0.3) is 11.4 Å². The molecule has 1 aliphatic heterocycles. The summed E-state index contributed by atoms with van der Waals surface area (Å²) in [6.45, 7) is 11.1. The summed E-state index contributed by atoms with van der Waals surface area (Å²) in [5.74, 6) is -0.284. The van der Waals surface area contributed by atoms with Gasteiger partial charge in [-0.15, -0.1) is 13.2 Å². The SMILES string of the molecule is C=CCCN1CC(OC(=O)CCCCCCCC)[N+]([O-])(c2nc3ccc(CC=C)cc3s2)C1. The Morgan fingerprint density at radius 2 is 2.06 bits per heavy atom. The lowest BCUT2D eigenvalue weighted by Gasteiger charge is -2.38. The number of benzene rings is 1. The van der Waals surface area contributed by atoms with Crippen molar-refractivity contribution in [3.63, 3.8) is 0 Å². The highest BCUT2D eigenvalue weighted by atomic mass is 32.1. The first-order valence-corrected chi connectivity index (χ1v) is 12.9. The molecular formula is C26H37N3O3S. The van der Waals surface area contributed by atoms with Gasteiger partial charge in [0, 0.05) is 13.0 Å². The van der Waals surface area contributed by atoms with Crippen LogP contribution in [0.25, 0.3) is 10.2 Å². The predicted octanol–water partition coefficient (Wildman–Crippen LogP) is 6.30. The van der Waals surface area contributed by atoms with E-state index in [0.29, 0.717) is 24.6 Å². The van der Waals surface area contributed by atoms with E-state index in [1.165, 1.54) is 30.6 Å². The Balaban J connectivity index is 1.72. The zero-order valence-corrected chi connectivity index (χ0v) is 20.7.